The molecule has 0 aliphatic heterocycles. The molecule has 37 heavy (non-hydrogen) atoms. The summed E-state index contributed by atoms with van der Waals surface area (Å²) in [7, 11) is 3.86. The fourth-order valence-corrected chi connectivity index (χ4v) is 3.71. The van der Waals surface area contributed by atoms with Crippen LogP contribution in [0.2, 0.25) is 0 Å². The smallest absolute Gasteiger partial charge is 0.294 e. The SMILES string of the molecule is C[NH+](C)Cc1c(C(=O)N/N=C\c2cn(-c3ccccc3)nc2-c2ccccc2)nnn1-c1nonc1N. The molecule has 0 aliphatic carbocycles. The van der Waals surface area contributed by atoms with E-state index in [0.29, 0.717) is 12.2 Å². The van der Waals surface area contributed by atoms with Gasteiger partial charge in [-0.25, -0.2) is 14.7 Å². The zero-order valence-corrected chi connectivity index (χ0v) is 20.1. The molecule has 13 heteroatoms. The zero-order chi connectivity index (χ0) is 25.8. The van der Waals surface area contributed by atoms with Crippen molar-refractivity contribution >= 4 is 17.9 Å². The third kappa shape index (κ3) is 4.97. The van der Waals surface area contributed by atoms with Gasteiger partial charge < -0.3 is 10.6 Å². The van der Waals surface area contributed by atoms with Gasteiger partial charge in [-0.1, -0.05) is 53.7 Å². The fourth-order valence-electron chi connectivity index (χ4n) is 3.71. The molecule has 0 saturated carbocycles. The normalized spacial score (nSPS) is 11.4. The topological polar surface area (TPSA) is 159 Å². The molecule has 0 unspecified atom stereocenters. The summed E-state index contributed by atoms with van der Waals surface area (Å²) in [5.74, 6) is -0.341. The lowest BCUT2D eigenvalue weighted by molar-refractivity contribution is -0.873. The van der Waals surface area contributed by atoms with Crippen LogP contribution in [0.1, 0.15) is 21.7 Å². The number of nitrogens with zero attached hydrogens (tertiary/aromatic N) is 8. The number of carbonyl (C=O) groups is 1. The van der Waals surface area contributed by atoms with Crippen molar-refractivity contribution in [2.75, 3.05) is 19.8 Å². The van der Waals surface area contributed by atoms with Crippen molar-refractivity contribution in [3.8, 4) is 22.8 Å². The van der Waals surface area contributed by atoms with Crippen LogP contribution < -0.4 is 16.1 Å². The van der Waals surface area contributed by atoms with E-state index in [4.69, 9.17) is 10.8 Å². The number of nitrogens with two attached hydrogens (primary N) is 1. The Labute approximate surface area is 211 Å². The van der Waals surface area contributed by atoms with Gasteiger partial charge in [0.2, 0.25) is 11.6 Å². The summed E-state index contributed by atoms with van der Waals surface area (Å²) < 4.78 is 7.78. The van der Waals surface area contributed by atoms with Gasteiger partial charge in [0.1, 0.15) is 17.9 Å². The largest absolute Gasteiger partial charge is 0.378 e. The van der Waals surface area contributed by atoms with Gasteiger partial charge in [0.25, 0.3) is 5.91 Å². The van der Waals surface area contributed by atoms with E-state index in [0.717, 1.165) is 27.4 Å². The van der Waals surface area contributed by atoms with E-state index in [1.54, 1.807) is 10.9 Å². The number of benzene rings is 2. The number of para-hydroxylation sites is 1. The minimum atomic E-state index is -0.537. The number of hydrazone groups is 1. The standard InChI is InChI=1S/C24H23N11O2/c1-33(2)15-19-21(27-32-35(19)23-22(25)30-37-31-23)24(36)28-26-13-17-14-34(18-11-7-4-8-12-18)29-20(17)16-9-5-3-6-10-16/h3-14H,15H2,1-2H3,(H2,25,30)(H,28,36)/p+1/b26-13-. The van der Waals surface area contributed by atoms with E-state index in [1.807, 2.05) is 81.0 Å². The average Bonchev–Trinajstić information content (AvgIpc) is 3.63. The maximum absolute atomic E-state index is 13.0. The summed E-state index contributed by atoms with van der Waals surface area (Å²) >= 11 is 0. The molecular weight excluding hydrogens is 474 g/mol. The summed E-state index contributed by atoms with van der Waals surface area (Å²) in [5.41, 5.74) is 12.2. The van der Waals surface area contributed by atoms with E-state index in [1.165, 1.54) is 4.68 Å². The molecule has 0 spiro atoms. The van der Waals surface area contributed by atoms with Crippen molar-refractivity contribution in [1.29, 1.82) is 0 Å². The van der Waals surface area contributed by atoms with Crippen molar-refractivity contribution in [2.24, 2.45) is 5.10 Å². The van der Waals surface area contributed by atoms with Crippen LogP contribution in [0.4, 0.5) is 5.82 Å². The number of nitrogen functional groups attached to an aromatic ring is 1. The summed E-state index contributed by atoms with van der Waals surface area (Å²) in [6.07, 6.45) is 3.40. The molecule has 0 radical (unpaired) electrons. The van der Waals surface area contributed by atoms with E-state index >= 15 is 0 Å². The average molecular weight is 499 g/mol. The molecule has 13 nitrogen and oxygen atoms in total. The predicted molar refractivity (Wildman–Crippen MR) is 134 cm³/mol. The van der Waals surface area contributed by atoms with Gasteiger partial charge in [-0.05, 0) is 22.4 Å². The quantitative estimate of drug-likeness (QED) is 0.206. The van der Waals surface area contributed by atoms with Gasteiger partial charge >= 0.3 is 0 Å². The number of quaternary nitrogens is 1. The molecular formula is C24H24N11O2+. The molecule has 5 rings (SSSR count). The third-order valence-corrected chi connectivity index (χ3v) is 5.38. The van der Waals surface area contributed by atoms with Crippen LogP contribution >= 0.6 is 0 Å². The number of rotatable bonds is 8. The minimum absolute atomic E-state index is 0.0359. The fraction of sp³-hybridized carbons (Fsp3) is 0.125. The van der Waals surface area contributed by atoms with Gasteiger partial charge in [0, 0.05) is 17.3 Å². The second-order valence-electron chi connectivity index (χ2n) is 8.43. The maximum atomic E-state index is 13.0. The number of anilines is 1. The van der Waals surface area contributed by atoms with Crippen molar-refractivity contribution in [3.63, 3.8) is 0 Å². The van der Waals surface area contributed by atoms with Crippen LogP contribution in [0, 0.1) is 0 Å². The highest BCUT2D eigenvalue weighted by Gasteiger charge is 2.25. The summed E-state index contributed by atoms with van der Waals surface area (Å²) in [5, 5.41) is 24.3. The van der Waals surface area contributed by atoms with Gasteiger partial charge in [-0.3, -0.25) is 4.79 Å². The first kappa shape index (κ1) is 23.6. The third-order valence-electron chi connectivity index (χ3n) is 5.38. The molecule has 1 amide bonds. The summed E-state index contributed by atoms with van der Waals surface area (Å²) in [6, 6.07) is 19.5. The van der Waals surface area contributed by atoms with Crippen LogP contribution in [0.15, 0.2) is 76.6 Å². The molecule has 2 aromatic carbocycles. The zero-order valence-electron chi connectivity index (χ0n) is 20.1. The van der Waals surface area contributed by atoms with Crippen molar-refractivity contribution in [1.82, 2.24) is 40.5 Å². The Morgan fingerprint density at radius 1 is 1.11 bits per heavy atom. The van der Waals surface area contributed by atoms with Crippen LogP contribution in [-0.4, -0.2) is 61.3 Å². The lowest BCUT2D eigenvalue weighted by Crippen LogP contribution is -3.04. The molecule has 0 aliphatic rings. The van der Waals surface area contributed by atoms with E-state index in [2.05, 4.69) is 35.8 Å². The first-order valence-electron chi connectivity index (χ1n) is 11.4. The van der Waals surface area contributed by atoms with E-state index in [-0.39, 0.29) is 17.3 Å². The molecule has 3 aromatic heterocycles. The van der Waals surface area contributed by atoms with Crippen molar-refractivity contribution < 1.29 is 14.3 Å². The number of hydrogen-bond acceptors (Lipinski definition) is 9. The monoisotopic (exact) mass is 498 g/mol. The molecule has 0 fully saturated rings. The van der Waals surface area contributed by atoms with Crippen molar-refractivity contribution in [2.45, 2.75) is 6.54 Å². The number of carbonyl (C=O) groups excluding carboxylic acids is 1. The number of amides is 1. The van der Waals surface area contributed by atoms with Crippen LogP contribution in [0.5, 0.6) is 0 Å². The molecule has 186 valence electrons. The van der Waals surface area contributed by atoms with Crippen LogP contribution in [0.3, 0.4) is 0 Å². The Balaban J connectivity index is 1.43. The Hall–Kier alpha value is -5.17. The van der Waals surface area contributed by atoms with Gasteiger partial charge in [-0.2, -0.15) is 14.9 Å². The van der Waals surface area contributed by atoms with Crippen LogP contribution in [-0.2, 0) is 6.54 Å². The highest BCUT2D eigenvalue weighted by atomic mass is 16.6. The lowest BCUT2D eigenvalue weighted by atomic mass is 10.1. The Morgan fingerprint density at radius 3 is 2.51 bits per heavy atom. The second kappa shape index (κ2) is 10.2. The molecule has 5 aromatic rings. The number of hydrogen-bond donors (Lipinski definition) is 3. The molecule has 0 atom stereocenters. The first-order chi connectivity index (χ1) is 18.0. The number of aromatic nitrogens is 7. The Morgan fingerprint density at radius 2 is 1.84 bits per heavy atom. The first-order valence-corrected chi connectivity index (χ1v) is 11.4. The predicted octanol–water partition coefficient (Wildman–Crippen LogP) is 0.494. The van der Waals surface area contributed by atoms with Gasteiger partial charge in [-0.15, -0.1) is 5.10 Å². The highest BCUT2D eigenvalue weighted by molar-refractivity contribution is 5.95. The summed E-state index contributed by atoms with van der Waals surface area (Å²) in [6.45, 7) is 0.410. The Kier molecular flexibility index (Phi) is 6.50. The second-order valence-corrected chi connectivity index (χ2v) is 8.43. The maximum Gasteiger partial charge on any atom is 0.294 e. The highest BCUT2D eigenvalue weighted by Crippen LogP contribution is 2.22. The van der Waals surface area contributed by atoms with Crippen LogP contribution in [0.25, 0.3) is 22.8 Å². The minimum Gasteiger partial charge on any atom is -0.378 e. The molecule has 0 saturated heterocycles. The Bertz CT molecular complexity index is 1540. The summed E-state index contributed by atoms with van der Waals surface area (Å²) in [4.78, 5) is 14.1. The van der Waals surface area contributed by atoms with Gasteiger partial charge in [0.05, 0.1) is 26.0 Å². The molecule has 0 bridgehead atoms. The molecule has 3 heterocycles. The van der Waals surface area contributed by atoms with E-state index in [9.17, 15) is 4.79 Å². The van der Waals surface area contributed by atoms with Crippen molar-refractivity contribution in [3.05, 3.63) is 83.8 Å². The van der Waals surface area contributed by atoms with Gasteiger partial charge in [0.15, 0.2) is 5.69 Å². The lowest BCUT2D eigenvalue weighted by Gasteiger charge is -2.08. The molecule has 4 N–H and O–H groups in total. The van der Waals surface area contributed by atoms with E-state index < -0.39 is 5.91 Å². The number of nitrogens with one attached hydrogen (secondary N) is 2.